The van der Waals surface area contributed by atoms with Gasteiger partial charge in [-0.15, -0.1) is 10.2 Å². The Morgan fingerprint density at radius 1 is 1.24 bits per heavy atom. The molecule has 142 valence electrons. The highest BCUT2D eigenvalue weighted by Gasteiger charge is 2.46. The molecule has 2 aliphatic rings. The fourth-order valence-corrected chi connectivity index (χ4v) is 4.78. The maximum Gasteiger partial charge on any atom is 0.147 e. The van der Waals surface area contributed by atoms with Crippen LogP contribution in [0.4, 0.5) is 0 Å². The molecule has 0 N–H and O–H groups in total. The second-order valence-electron chi connectivity index (χ2n) is 9.17. The molecule has 1 spiro atoms. The van der Waals surface area contributed by atoms with Gasteiger partial charge in [0, 0.05) is 6.04 Å². The van der Waals surface area contributed by atoms with Crippen LogP contribution in [0.25, 0.3) is 0 Å². The number of nitrogens with zero attached hydrogens (tertiary/aromatic N) is 4. The van der Waals surface area contributed by atoms with E-state index in [-0.39, 0.29) is 5.60 Å². The van der Waals surface area contributed by atoms with E-state index in [1.807, 2.05) is 0 Å². The molecule has 5 nitrogen and oxygen atoms in total. The standard InChI is InChI=1S/C20H36N4O/c1-6-7-12-23(5)13-18-22-21-16(2)24(18)17-8-10-20(11-9-17)14-19(3,4)15-25-20/h17H,6-15H2,1-5H3. The molecule has 2 heterocycles. The van der Waals surface area contributed by atoms with Crippen molar-refractivity contribution in [3.63, 3.8) is 0 Å². The van der Waals surface area contributed by atoms with Gasteiger partial charge in [0.1, 0.15) is 11.6 Å². The maximum atomic E-state index is 6.28. The molecule has 25 heavy (non-hydrogen) atoms. The van der Waals surface area contributed by atoms with Crippen molar-refractivity contribution in [2.75, 3.05) is 20.2 Å². The Morgan fingerprint density at radius 3 is 2.56 bits per heavy atom. The molecular formula is C20H36N4O. The molecule has 0 unspecified atom stereocenters. The summed E-state index contributed by atoms with van der Waals surface area (Å²) < 4.78 is 8.70. The molecule has 0 radical (unpaired) electrons. The van der Waals surface area contributed by atoms with Gasteiger partial charge in [0.15, 0.2) is 0 Å². The van der Waals surface area contributed by atoms with Crippen LogP contribution in [0.5, 0.6) is 0 Å². The predicted molar refractivity (Wildman–Crippen MR) is 101 cm³/mol. The summed E-state index contributed by atoms with van der Waals surface area (Å²) in [7, 11) is 2.19. The lowest BCUT2D eigenvalue weighted by atomic mass is 9.75. The lowest BCUT2D eigenvalue weighted by Gasteiger charge is -2.38. The fourth-order valence-electron chi connectivity index (χ4n) is 4.78. The number of unbranched alkanes of at least 4 members (excludes halogenated alkanes) is 1. The summed E-state index contributed by atoms with van der Waals surface area (Å²) in [6.07, 6.45) is 8.38. The van der Waals surface area contributed by atoms with Crippen molar-refractivity contribution < 1.29 is 4.74 Å². The highest BCUT2D eigenvalue weighted by Crippen LogP contribution is 2.49. The van der Waals surface area contributed by atoms with E-state index in [2.05, 4.69) is 54.4 Å². The monoisotopic (exact) mass is 348 g/mol. The van der Waals surface area contributed by atoms with Crippen molar-refractivity contribution in [1.29, 1.82) is 0 Å². The van der Waals surface area contributed by atoms with Gasteiger partial charge in [0.2, 0.25) is 0 Å². The smallest absolute Gasteiger partial charge is 0.147 e. The summed E-state index contributed by atoms with van der Waals surface area (Å²) in [4.78, 5) is 2.37. The minimum Gasteiger partial charge on any atom is -0.374 e. The Bertz CT molecular complexity index is 572. The van der Waals surface area contributed by atoms with Gasteiger partial charge in [-0.2, -0.15) is 0 Å². The molecule has 0 atom stereocenters. The van der Waals surface area contributed by atoms with Gasteiger partial charge in [-0.3, -0.25) is 4.90 Å². The van der Waals surface area contributed by atoms with E-state index in [1.54, 1.807) is 0 Å². The molecule has 1 aliphatic heterocycles. The van der Waals surface area contributed by atoms with Crippen LogP contribution in [0.2, 0.25) is 0 Å². The molecule has 1 saturated heterocycles. The average Bonchev–Trinajstić information content (AvgIpc) is 3.07. The summed E-state index contributed by atoms with van der Waals surface area (Å²) in [5, 5.41) is 8.88. The zero-order chi connectivity index (χ0) is 18.1. The van der Waals surface area contributed by atoms with Crippen molar-refractivity contribution in [3.8, 4) is 0 Å². The average molecular weight is 349 g/mol. The maximum absolute atomic E-state index is 6.28. The molecule has 3 rings (SSSR count). The fraction of sp³-hybridized carbons (Fsp3) is 0.900. The first-order valence-electron chi connectivity index (χ1n) is 10.1. The minimum atomic E-state index is 0.139. The van der Waals surface area contributed by atoms with Crippen LogP contribution in [0.3, 0.4) is 0 Å². The van der Waals surface area contributed by atoms with Crippen LogP contribution in [-0.2, 0) is 11.3 Å². The van der Waals surface area contributed by atoms with Crippen molar-refractivity contribution in [2.24, 2.45) is 5.41 Å². The zero-order valence-electron chi connectivity index (χ0n) is 16.8. The Labute approximate surface area is 153 Å². The SMILES string of the molecule is CCCCN(C)Cc1nnc(C)n1C1CCC2(CC1)CC(C)(C)CO2. The molecule has 0 aromatic carbocycles. The molecule has 1 aromatic heterocycles. The second-order valence-corrected chi connectivity index (χ2v) is 9.17. The van der Waals surface area contributed by atoms with Crippen molar-refractivity contribution in [2.45, 2.75) is 90.8 Å². The highest BCUT2D eigenvalue weighted by molar-refractivity contribution is 5.02. The second kappa shape index (κ2) is 7.36. The predicted octanol–water partition coefficient (Wildman–Crippen LogP) is 4.12. The van der Waals surface area contributed by atoms with E-state index in [1.165, 1.54) is 44.9 Å². The molecule has 1 saturated carbocycles. The van der Waals surface area contributed by atoms with Gasteiger partial charge in [0.05, 0.1) is 18.8 Å². The first-order chi connectivity index (χ1) is 11.8. The third kappa shape index (κ3) is 4.25. The molecule has 0 bridgehead atoms. The zero-order valence-corrected chi connectivity index (χ0v) is 16.8. The lowest BCUT2D eigenvalue weighted by Crippen LogP contribution is -2.35. The van der Waals surface area contributed by atoms with Crippen LogP contribution < -0.4 is 0 Å². The first-order valence-corrected chi connectivity index (χ1v) is 10.1. The van der Waals surface area contributed by atoms with E-state index < -0.39 is 0 Å². The van der Waals surface area contributed by atoms with Gasteiger partial charge >= 0.3 is 0 Å². The summed E-state index contributed by atoms with van der Waals surface area (Å²) in [5.41, 5.74) is 0.479. The summed E-state index contributed by atoms with van der Waals surface area (Å²) in [5.74, 6) is 2.19. The number of rotatable bonds is 6. The Hall–Kier alpha value is -0.940. The molecule has 1 aromatic rings. The van der Waals surface area contributed by atoms with E-state index >= 15 is 0 Å². The van der Waals surface area contributed by atoms with E-state index in [4.69, 9.17) is 4.74 Å². The Balaban J connectivity index is 1.64. The highest BCUT2D eigenvalue weighted by atomic mass is 16.5. The molecular weight excluding hydrogens is 312 g/mol. The van der Waals surface area contributed by atoms with Crippen LogP contribution >= 0.6 is 0 Å². The topological polar surface area (TPSA) is 43.2 Å². The van der Waals surface area contributed by atoms with Crippen molar-refractivity contribution in [1.82, 2.24) is 19.7 Å². The summed E-state index contributed by atoms with van der Waals surface area (Å²) >= 11 is 0. The van der Waals surface area contributed by atoms with Crippen molar-refractivity contribution in [3.05, 3.63) is 11.6 Å². The van der Waals surface area contributed by atoms with E-state index in [9.17, 15) is 0 Å². The van der Waals surface area contributed by atoms with Crippen LogP contribution in [0.1, 0.15) is 83.4 Å². The first kappa shape index (κ1) is 18.8. The number of aromatic nitrogens is 3. The van der Waals surface area contributed by atoms with E-state index in [0.717, 1.165) is 31.3 Å². The lowest BCUT2D eigenvalue weighted by molar-refractivity contribution is -0.0346. The molecule has 1 aliphatic carbocycles. The number of aryl methyl sites for hydroxylation is 1. The van der Waals surface area contributed by atoms with Gasteiger partial charge < -0.3 is 9.30 Å². The van der Waals surface area contributed by atoms with Gasteiger partial charge in [-0.25, -0.2) is 0 Å². The largest absolute Gasteiger partial charge is 0.374 e. The third-order valence-electron chi connectivity index (χ3n) is 6.04. The van der Waals surface area contributed by atoms with Gasteiger partial charge in [-0.05, 0) is 64.5 Å². The summed E-state index contributed by atoms with van der Waals surface area (Å²) in [6, 6.07) is 0.530. The van der Waals surface area contributed by atoms with Crippen LogP contribution in [0.15, 0.2) is 0 Å². The Morgan fingerprint density at radius 2 is 1.96 bits per heavy atom. The quantitative estimate of drug-likeness (QED) is 0.775. The van der Waals surface area contributed by atoms with Crippen molar-refractivity contribution >= 4 is 0 Å². The van der Waals surface area contributed by atoms with Gasteiger partial charge in [-0.1, -0.05) is 27.2 Å². The Kier molecular flexibility index (Phi) is 5.54. The molecule has 0 amide bonds. The summed E-state index contributed by atoms with van der Waals surface area (Å²) in [6.45, 7) is 11.9. The normalized spacial score (nSPS) is 29.0. The number of ether oxygens (including phenoxy) is 1. The van der Waals surface area contributed by atoms with E-state index in [0.29, 0.717) is 11.5 Å². The molecule has 2 fully saturated rings. The molecule has 5 heteroatoms. The van der Waals surface area contributed by atoms with Crippen LogP contribution in [0, 0.1) is 12.3 Å². The van der Waals surface area contributed by atoms with Gasteiger partial charge in [0.25, 0.3) is 0 Å². The minimum absolute atomic E-state index is 0.139. The number of hydrogen-bond acceptors (Lipinski definition) is 4. The van der Waals surface area contributed by atoms with Crippen LogP contribution in [-0.4, -0.2) is 45.5 Å². The number of hydrogen-bond donors (Lipinski definition) is 0. The third-order valence-corrected chi connectivity index (χ3v) is 6.04.